The van der Waals surface area contributed by atoms with E-state index in [0.717, 1.165) is 5.69 Å². The highest BCUT2D eigenvalue weighted by Gasteiger charge is 2.36. The van der Waals surface area contributed by atoms with Gasteiger partial charge in [-0.3, -0.25) is 9.69 Å². The number of para-hydroxylation sites is 2. The summed E-state index contributed by atoms with van der Waals surface area (Å²) in [6, 6.07) is 23.2. The van der Waals surface area contributed by atoms with Crippen LogP contribution in [-0.4, -0.2) is 12.3 Å². The van der Waals surface area contributed by atoms with Crippen LogP contribution in [0.2, 0.25) is 0 Å². The third kappa shape index (κ3) is 4.30. The zero-order valence-corrected chi connectivity index (χ0v) is 15.6. The number of halogens is 3. The van der Waals surface area contributed by atoms with E-state index >= 15 is 0 Å². The van der Waals surface area contributed by atoms with Gasteiger partial charge in [0, 0.05) is 11.4 Å². The Morgan fingerprint density at radius 3 is 2.20 bits per heavy atom. The third-order valence-electron chi connectivity index (χ3n) is 4.57. The number of nitrogens with one attached hydrogen (secondary N) is 1. The maximum absolute atomic E-state index is 13.2. The molecule has 1 N–H and O–H groups in total. The smallest absolute Gasteiger partial charge is 0.406 e. The molecule has 0 saturated heterocycles. The summed E-state index contributed by atoms with van der Waals surface area (Å²) in [4.78, 5) is 14.7. The molecule has 3 aromatic carbocycles. The monoisotopic (exact) mass is 410 g/mol. The number of amides is 1. The Balaban J connectivity index is 1.72. The van der Waals surface area contributed by atoms with Gasteiger partial charge in [-0.15, -0.1) is 13.2 Å². The first kappa shape index (κ1) is 19.6. The molecule has 4 rings (SSSR count). The van der Waals surface area contributed by atoms with Crippen LogP contribution < -0.4 is 15.0 Å². The van der Waals surface area contributed by atoms with Crippen LogP contribution in [0.3, 0.4) is 0 Å². The Hall–Kier alpha value is -3.74. The molecule has 0 bridgehead atoms. The van der Waals surface area contributed by atoms with Crippen LogP contribution in [0.5, 0.6) is 5.75 Å². The topological polar surface area (TPSA) is 41.6 Å². The number of ether oxygens (including phenoxy) is 1. The molecule has 3 aromatic rings. The molecule has 7 heteroatoms. The highest BCUT2D eigenvalue weighted by atomic mass is 19.4. The van der Waals surface area contributed by atoms with Crippen molar-refractivity contribution in [3.05, 3.63) is 102 Å². The average Bonchev–Trinajstić information content (AvgIpc) is 3.04. The van der Waals surface area contributed by atoms with Gasteiger partial charge in [0.05, 0.1) is 6.04 Å². The maximum atomic E-state index is 13.2. The lowest BCUT2D eigenvalue weighted by molar-refractivity contribution is -0.274. The van der Waals surface area contributed by atoms with Gasteiger partial charge < -0.3 is 10.1 Å². The molecule has 0 radical (unpaired) electrons. The van der Waals surface area contributed by atoms with Gasteiger partial charge in [-0.05, 0) is 48.0 Å². The lowest BCUT2D eigenvalue weighted by atomic mass is 10.1. The number of rotatable bonds is 5. The molecule has 0 aliphatic carbocycles. The summed E-state index contributed by atoms with van der Waals surface area (Å²) in [5.41, 5.74) is 2.21. The van der Waals surface area contributed by atoms with Crippen molar-refractivity contribution in [2.45, 2.75) is 12.4 Å². The SMILES string of the molecule is O=C1C(Nc2ccccc2)=CC(c2cccc(OC(F)(F)F)c2)N1c1ccccc1. The van der Waals surface area contributed by atoms with Crippen molar-refractivity contribution in [1.29, 1.82) is 0 Å². The summed E-state index contributed by atoms with van der Waals surface area (Å²) in [7, 11) is 0. The number of benzene rings is 3. The fourth-order valence-electron chi connectivity index (χ4n) is 3.34. The average molecular weight is 410 g/mol. The highest BCUT2D eigenvalue weighted by Crippen LogP contribution is 2.37. The molecule has 1 atom stereocenters. The van der Waals surface area contributed by atoms with Crippen molar-refractivity contribution in [2.75, 3.05) is 10.2 Å². The van der Waals surface area contributed by atoms with Gasteiger partial charge in [0.2, 0.25) is 0 Å². The Bertz CT molecular complexity index is 1070. The van der Waals surface area contributed by atoms with Gasteiger partial charge >= 0.3 is 6.36 Å². The van der Waals surface area contributed by atoms with Crippen LogP contribution >= 0.6 is 0 Å². The van der Waals surface area contributed by atoms with E-state index in [1.165, 1.54) is 23.1 Å². The van der Waals surface area contributed by atoms with Gasteiger partial charge in [0.15, 0.2) is 0 Å². The summed E-state index contributed by atoms with van der Waals surface area (Å²) in [6.07, 6.45) is -3.09. The zero-order valence-electron chi connectivity index (χ0n) is 15.6. The van der Waals surface area contributed by atoms with Crippen molar-refractivity contribution < 1.29 is 22.7 Å². The van der Waals surface area contributed by atoms with Gasteiger partial charge in [-0.25, -0.2) is 0 Å². The van der Waals surface area contributed by atoms with E-state index in [1.807, 2.05) is 36.4 Å². The summed E-state index contributed by atoms with van der Waals surface area (Å²) in [5.74, 6) is -0.615. The van der Waals surface area contributed by atoms with Gasteiger partial charge in [-0.2, -0.15) is 0 Å². The van der Waals surface area contributed by atoms with Crippen molar-refractivity contribution in [2.24, 2.45) is 0 Å². The Morgan fingerprint density at radius 2 is 1.53 bits per heavy atom. The minimum Gasteiger partial charge on any atom is -0.406 e. The first-order chi connectivity index (χ1) is 14.4. The molecule has 30 heavy (non-hydrogen) atoms. The maximum Gasteiger partial charge on any atom is 0.573 e. The van der Waals surface area contributed by atoms with E-state index in [2.05, 4.69) is 10.1 Å². The van der Waals surface area contributed by atoms with E-state index in [1.54, 1.807) is 36.4 Å². The van der Waals surface area contributed by atoms with Crippen molar-refractivity contribution in [1.82, 2.24) is 0 Å². The number of alkyl halides is 3. The predicted octanol–water partition coefficient (Wildman–Crippen LogP) is 5.67. The van der Waals surface area contributed by atoms with E-state index in [-0.39, 0.29) is 11.7 Å². The lowest BCUT2D eigenvalue weighted by Crippen LogP contribution is -2.30. The quantitative estimate of drug-likeness (QED) is 0.589. The standard InChI is InChI=1S/C23H17F3N2O2/c24-23(25,26)30-19-13-7-8-16(14-19)21-15-20(27-17-9-3-1-4-10-17)22(29)28(21)18-11-5-2-6-12-18/h1-15,21,27H. The largest absolute Gasteiger partial charge is 0.573 e. The predicted molar refractivity (Wildman–Crippen MR) is 108 cm³/mol. The van der Waals surface area contributed by atoms with Crippen LogP contribution in [0.15, 0.2) is 96.7 Å². The van der Waals surface area contributed by atoms with E-state index in [0.29, 0.717) is 16.9 Å². The van der Waals surface area contributed by atoms with Crippen LogP contribution in [0.25, 0.3) is 0 Å². The summed E-state index contributed by atoms with van der Waals surface area (Å²) >= 11 is 0. The molecule has 0 aromatic heterocycles. The van der Waals surface area contributed by atoms with E-state index in [9.17, 15) is 18.0 Å². The minimum absolute atomic E-state index is 0.280. The first-order valence-electron chi connectivity index (χ1n) is 9.19. The van der Waals surface area contributed by atoms with E-state index < -0.39 is 12.4 Å². The Morgan fingerprint density at radius 1 is 0.867 bits per heavy atom. The van der Waals surface area contributed by atoms with Crippen LogP contribution in [-0.2, 0) is 4.79 Å². The molecular weight excluding hydrogens is 393 g/mol. The fraction of sp³-hybridized carbons (Fsp3) is 0.0870. The molecule has 1 unspecified atom stereocenters. The van der Waals surface area contributed by atoms with Crippen LogP contribution in [0.4, 0.5) is 24.5 Å². The van der Waals surface area contributed by atoms with Gasteiger partial charge in [-0.1, -0.05) is 48.5 Å². The van der Waals surface area contributed by atoms with E-state index in [4.69, 9.17) is 0 Å². The molecule has 4 nitrogen and oxygen atoms in total. The lowest BCUT2D eigenvalue weighted by Gasteiger charge is -2.25. The highest BCUT2D eigenvalue weighted by molar-refractivity contribution is 6.11. The van der Waals surface area contributed by atoms with Crippen molar-refractivity contribution in [3.63, 3.8) is 0 Å². The molecule has 1 aliphatic rings. The number of hydrogen-bond donors (Lipinski definition) is 1. The molecule has 0 spiro atoms. The summed E-state index contributed by atoms with van der Waals surface area (Å²) in [5, 5.41) is 3.10. The first-order valence-corrected chi connectivity index (χ1v) is 9.19. The molecule has 152 valence electrons. The van der Waals surface area contributed by atoms with Crippen LogP contribution in [0, 0.1) is 0 Å². The molecule has 0 saturated carbocycles. The Labute approximate surface area is 171 Å². The molecule has 1 heterocycles. The Kier molecular flexibility index (Phi) is 5.18. The van der Waals surface area contributed by atoms with Crippen LogP contribution in [0.1, 0.15) is 11.6 Å². The third-order valence-corrected chi connectivity index (χ3v) is 4.57. The van der Waals surface area contributed by atoms with Crippen molar-refractivity contribution in [3.8, 4) is 5.75 Å². The van der Waals surface area contributed by atoms with Gasteiger partial charge in [0.1, 0.15) is 11.4 Å². The molecule has 1 aliphatic heterocycles. The normalized spacial score (nSPS) is 16.4. The molecular formula is C23H17F3N2O2. The number of nitrogens with zero attached hydrogens (tertiary/aromatic N) is 1. The summed E-state index contributed by atoms with van der Waals surface area (Å²) < 4.78 is 42.0. The summed E-state index contributed by atoms with van der Waals surface area (Å²) in [6.45, 7) is 0. The molecule has 0 fully saturated rings. The fourth-order valence-corrected chi connectivity index (χ4v) is 3.34. The number of carbonyl (C=O) groups is 1. The number of anilines is 2. The van der Waals surface area contributed by atoms with Gasteiger partial charge in [0.25, 0.3) is 5.91 Å². The second-order valence-corrected chi connectivity index (χ2v) is 6.65. The second-order valence-electron chi connectivity index (χ2n) is 6.65. The zero-order chi connectivity index (χ0) is 21.1. The second kappa shape index (κ2) is 7.94. The number of carbonyl (C=O) groups excluding carboxylic acids is 1. The number of hydrogen-bond acceptors (Lipinski definition) is 3. The molecule has 1 amide bonds. The van der Waals surface area contributed by atoms with Crippen molar-refractivity contribution >= 4 is 17.3 Å². The minimum atomic E-state index is -4.79.